The van der Waals surface area contributed by atoms with Crippen molar-refractivity contribution in [2.75, 3.05) is 13.2 Å². The Morgan fingerprint density at radius 3 is 2.26 bits per heavy atom. The van der Waals surface area contributed by atoms with E-state index in [-0.39, 0.29) is 5.91 Å². The summed E-state index contributed by atoms with van der Waals surface area (Å²) in [6.45, 7) is 1.12. The van der Waals surface area contributed by atoms with Crippen molar-refractivity contribution in [1.82, 2.24) is 5.32 Å². The van der Waals surface area contributed by atoms with Gasteiger partial charge in [0.15, 0.2) is 11.5 Å². The molecule has 0 atom stereocenters. The summed E-state index contributed by atoms with van der Waals surface area (Å²) < 4.78 is 11.1. The largest absolute Gasteiger partial charge is 0.486 e. The number of ether oxygens (including phenoxy) is 2. The lowest BCUT2D eigenvalue weighted by Gasteiger charge is -2.54. The van der Waals surface area contributed by atoms with Crippen LogP contribution in [-0.4, -0.2) is 25.2 Å². The van der Waals surface area contributed by atoms with Gasteiger partial charge >= 0.3 is 0 Å². The highest BCUT2D eigenvalue weighted by Crippen LogP contribution is 2.53. The number of fused-ring (bicyclic) bond motifs is 1. The number of carbonyl (C=O) groups excluding carboxylic acids is 1. The van der Waals surface area contributed by atoms with E-state index in [4.69, 9.17) is 9.47 Å². The zero-order chi connectivity index (χ0) is 15.4. The molecule has 0 saturated heterocycles. The molecule has 23 heavy (non-hydrogen) atoms. The minimum atomic E-state index is 0.0412. The quantitative estimate of drug-likeness (QED) is 0.913. The third-order valence-corrected chi connectivity index (χ3v) is 6.33. The number of nitrogens with one attached hydrogen (secondary N) is 1. The molecule has 1 aliphatic heterocycles. The van der Waals surface area contributed by atoms with Crippen molar-refractivity contribution in [2.45, 2.75) is 38.1 Å². The number of rotatable bonds is 2. The van der Waals surface area contributed by atoms with Gasteiger partial charge in [-0.05, 0) is 74.0 Å². The monoisotopic (exact) mass is 313 g/mol. The second-order valence-corrected chi connectivity index (χ2v) is 7.79. The molecule has 0 radical (unpaired) electrons. The van der Waals surface area contributed by atoms with Crippen molar-refractivity contribution in [2.24, 2.45) is 23.7 Å². The van der Waals surface area contributed by atoms with Crippen LogP contribution < -0.4 is 14.8 Å². The topological polar surface area (TPSA) is 47.6 Å². The molecule has 4 nitrogen and oxygen atoms in total. The van der Waals surface area contributed by atoms with Crippen LogP contribution in [-0.2, 0) is 0 Å². The fourth-order valence-corrected chi connectivity index (χ4v) is 5.58. The normalized spacial score (nSPS) is 36.8. The van der Waals surface area contributed by atoms with E-state index in [1.807, 2.05) is 18.2 Å². The number of carbonyl (C=O) groups is 1. The Morgan fingerprint density at radius 2 is 1.57 bits per heavy atom. The van der Waals surface area contributed by atoms with Gasteiger partial charge in [-0.1, -0.05) is 0 Å². The summed E-state index contributed by atoms with van der Waals surface area (Å²) in [5.74, 6) is 4.73. The van der Waals surface area contributed by atoms with Crippen LogP contribution >= 0.6 is 0 Å². The Bertz CT molecular complexity index is 614. The van der Waals surface area contributed by atoms with Crippen LogP contribution in [0, 0.1) is 23.7 Å². The Hall–Kier alpha value is -1.71. The lowest BCUT2D eigenvalue weighted by Crippen LogP contribution is -2.55. The first kappa shape index (κ1) is 13.7. The Balaban J connectivity index is 1.33. The van der Waals surface area contributed by atoms with Crippen molar-refractivity contribution in [3.05, 3.63) is 23.8 Å². The summed E-state index contributed by atoms with van der Waals surface area (Å²) in [7, 11) is 0. The van der Waals surface area contributed by atoms with Gasteiger partial charge in [-0.15, -0.1) is 0 Å². The van der Waals surface area contributed by atoms with E-state index >= 15 is 0 Å². The van der Waals surface area contributed by atoms with Gasteiger partial charge < -0.3 is 14.8 Å². The van der Waals surface area contributed by atoms with Gasteiger partial charge in [0.25, 0.3) is 5.91 Å². The lowest BCUT2D eigenvalue weighted by atomic mass is 9.54. The molecule has 0 spiro atoms. The van der Waals surface area contributed by atoms with Crippen molar-refractivity contribution in [1.29, 1.82) is 0 Å². The second-order valence-electron chi connectivity index (χ2n) is 7.79. The van der Waals surface area contributed by atoms with E-state index in [0.717, 1.165) is 17.6 Å². The molecule has 0 unspecified atom stereocenters. The molecule has 1 aromatic carbocycles. The first-order valence-corrected chi connectivity index (χ1v) is 8.97. The standard InChI is InChI=1S/C19H23NO3/c21-19(13-1-2-16-17(10-13)23-4-3-22-16)20-18-14-6-11-5-12(8-14)9-15(18)7-11/h1-2,10-12,14-15,18H,3-9H2,(H,20,21). The van der Waals surface area contributed by atoms with Crippen LogP contribution in [0.3, 0.4) is 0 Å². The van der Waals surface area contributed by atoms with Crippen LogP contribution in [0.15, 0.2) is 18.2 Å². The molecule has 4 bridgehead atoms. The van der Waals surface area contributed by atoms with Crippen LogP contribution in [0.25, 0.3) is 0 Å². The molecule has 1 amide bonds. The highest BCUT2D eigenvalue weighted by Gasteiger charge is 2.48. The number of hydrogen-bond acceptors (Lipinski definition) is 3. The van der Waals surface area contributed by atoms with Crippen LogP contribution in [0.1, 0.15) is 42.5 Å². The van der Waals surface area contributed by atoms with Crippen molar-refractivity contribution >= 4 is 5.91 Å². The fraction of sp³-hybridized carbons (Fsp3) is 0.632. The minimum Gasteiger partial charge on any atom is -0.486 e. The van der Waals surface area contributed by atoms with Gasteiger partial charge in [0.2, 0.25) is 0 Å². The Labute approximate surface area is 136 Å². The van der Waals surface area contributed by atoms with Gasteiger partial charge in [0, 0.05) is 11.6 Å². The predicted octanol–water partition coefficient (Wildman–Crippen LogP) is 3.01. The van der Waals surface area contributed by atoms with Crippen molar-refractivity contribution in [3.8, 4) is 11.5 Å². The molecule has 6 rings (SSSR count). The summed E-state index contributed by atoms with van der Waals surface area (Å²) in [6, 6.07) is 5.89. The maximum absolute atomic E-state index is 12.7. The first-order valence-electron chi connectivity index (χ1n) is 8.97. The molecule has 4 aliphatic carbocycles. The number of hydrogen-bond donors (Lipinski definition) is 1. The number of amides is 1. The van der Waals surface area contributed by atoms with E-state index in [9.17, 15) is 4.79 Å². The zero-order valence-electron chi connectivity index (χ0n) is 13.3. The summed E-state index contributed by atoms with van der Waals surface area (Å²) in [6.07, 6.45) is 6.71. The molecule has 122 valence electrons. The summed E-state index contributed by atoms with van der Waals surface area (Å²) in [5.41, 5.74) is 0.683. The van der Waals surface area contributed by atoms with E-state index in [1.54, 1.807) is 0 Å². The Morgan fingerprint density at radius 1 is 0.913 bits per heavy atom. The minimum absolute atomic E-state index is 0.0412. The zero-order valence-corrected chi connectivity index (χ0v) is 13.3. The van der Waals surface area contributed by atoms with Crippen LogP contribution in [0.5, 0.6) is 11.5 Å². The van der Waals surface area contributed by atoms with Crippen LogP contribution in [0.2, 0.25) is 0 Å². The maximum Gasteiger partial charge on any atom is 0.251 e. The van der Waals surface area contributed by atoms with E-state index in [2.05, 4.69) is 5.32 Å². The molecule has 0 aromatic heterocycles. The van der Waals surface area contributed by atoms with Crippen molar-refractivity contribution in [3.63, 3.8) is 0 Å². The van der Waals surface area contributed by atoms with E-state index in [0.29, 0.717) is 42.4 Å². The lowest BCUT2D eigenvalue weighted by molar-refractivity contribution is -0.0119. The average molecular weight is 313 g/mol. The average Bonchev–Trinajstić information content (AvgIpc) is 2.57. The summed E-state index contributed by atoms with van der Waals surface area (Å²) >= 11 is 0. The van der Waals surface area contributed by atoms with Gasteiger partial charge in [0.1, 0.15) is 13.2 Å². The third-order valence-electron chi connectivity index (χ3n) is 6.33. The molecule has 4 heteroatoms. The van der Waals surface area contributed by atoms with E-state index < -0.39 is 0 Å². The molecule has 5 aliphatic rings. The van der Waals surface area contributed by atoms with Gasteiger partial charge in [-0.3, -0.25) is 4.79 Å². The first-order chi connectivity index (χ1) is 11.3. The fourth-order valence-electron chi connectivity index (χ4n) is 5.58. The maximum atomic E-state index is 12.7. The van der Waals surface area contributed by atoms with Gasteiger partial charge in [-0.2, -0.15) is 0 Å². The third kappa shape index (κ3) is 2.30. The molecular formula is C19H23NO3. The van der Waals surface area contributed by atoms with Crippen LogP contribution in [0.4, 0.5) is 0 Å². The number of benzene rings is 1. The predicted molar refractivity (Wildman–Crippen MR) is 85.7 cm³/mol. The summed E-state index contributed by atoms with van der Waals surface area (Å²) in [5, 5.41) is 3.35. The summed E-state index contributed by atoms with van der Waals surface area (Å²) in [4.78, 5) is 12.7. The van der Waals surface area contributed by atoms with E-state index in [1.165, 1.54) is 32.1 Å². The molecule has 4 fully saturated rings. The van der Waals surface area contributed by atoms with Gasteiger partial charge in [-0.25, -0.2) is 0 Å². The Kier molecular flexibility index (Phi) is 3.07. The molecule has 4 saturated carbocycles. The SMILES string of the molecule is O=C(NC1C2CC3CC(C2)CC1C3)c1ccc2c(c1)OCCO2. The second kappa shape index (κ2) is 5.15. The van der Waals surface area contributed by atoms with Crippen molar-refractivity contribution < 1.29 is 14.3 Å². The smallest absolute Gasteiger partial charge is 0.251 e. The highest BCUT2D eigenvalue weighted by molar-refractivity contribution is 5.95. The highest BCUT2D eigenvalue weighted by atomic mass is 16.6. The molecule has 1 N–H and O–H groups in total. The molecule has 1 aromatic rings. The van der Waals surface area contributed by atoms with Gasteiger partial charge in [0.05, 0.1) is 0 Å². The molecular weight excluding hydrogens is 290 g/mol. The molecule has 1 heterocycles.